The lowest BCUT2D eigenvalue weighted by Gasteiger charge is -2.20. The molecule has 3 aromatic carbocycles. The summed E-state index contributed by atoms with van der Waals surface area (Å²) in [5, 5.41) is 3.28. The number of para-hydroxylation sites is 1. The third-order valence-corrected chi connectivity index (χ3v) is 6.63. The molecule has 0 fully saturated rings. The fourth-order valence-electron chi connectivity index (χ4n) is 2.87. The molecular weight excluding hydrogens is 424 g/mol. The van der Waals surface area contributed by atoms with E-state index in [1.165, 1.54) is 37.4 Å². The Morgan fingerprint density at radius 1 is 1.03 bits per heavy atom. The number of carbonyl (C=O) groups excluding carboxylic acids is 1. The van der Waals surface area contributed by atoms with Crippen molar-refractivity contribution in [3.8, 4) is 5.75 Å². The highest BCUT2D eigenvalue weighted by Crippen LogP contribution is 2.24. The molecule has 0 aromatic heterocycles. The van der Waals surface area contributed by atoms with Gasteiger partial charge in [-0.15, -0.1) is 0 Å². The van der Waals surface area contributed by atoms with Crippen LogP contribution < -0.4 is 14.4 Å². The molecule has 0 saturated heterocycles. The van der Waals surface area contributed by atoms with Crippen molar-refractivity contribution in [3.63, 3.8) is 0 Å². The quantitative estimate of drug-likeness (QED) is 0.595. The van der Waals surface area contributed by atoms with Crippen LogP contribution >= 0.6 is 11.6 Å². The molecule has 0 saturated carbocycles. The monoisotopic (exact) mass is 444 g/mol. The molecule has 3 rings (SSSR count). The first-order valence-electron chi connectivity index (χ1n) is 9.07. The number of nitrogens with one attached hydrogen (secondary N) is 1. The number of rotatable bonds is 7. The standard InChI is InChI=1S/C22H21ClN2O4S/c1-25(30(27,28)20-12-10-18(23)11-13-20)19-8-5-7-16(14-19)22(26)24-15-17-6-3-4-9-21(17)29-2/h3-14H,15H2,1-2H3,(H,24,26). The average Bonchev–Trinajstić information content (AvgIpc) is 2.77. The molecule has 1 N–H and O–H groups in total. The van der Waals surface area contributed by atoms with E-state index >= 15 is 0 Å². The molecule has 0 aliphatic carbocycles. The summed E-state index contributed by atoms with van der Waals surface area (Å²) < 4.78 is 32.2. The van der Waals surface area contributed by atoms with Crippen LogP contribution in [0.3, 0.4) is 0 Å². The van der Waals surface area contributed by atoms with Gasteiger partial charge in [0.25, 0.3) is 15.9 Å². The van der Waals surface area contributed by atoms with Gasteiger partial charge in [0.05, 0.1) is 17.7 Å². The molecule has 0 aliphatic rings. The van der Waals surface area contributed by atoms with Crippen molar-refractivity contribution in [1.29, 1.82) is 0 Å². The minimum absolute atomic E-state index is 0.112. The highest BCUT2D eigenvalue weighted by Gasteiger charge is 2.22. The molecule has 0 radical (unpaired) electrons. The minimum Gasteiger partial charge on any atom is -0.496 e. The fourth-order valence-corrected chi connectivity index (χ4v) is 4.19. The second kappa shape index (κ2) is 9.19. The van der Waals surface area contributed by atoms with Gasteiger partial charge in [-0.3, -0.25) is 9.10 Å². The number of ether oxygens (including phenoxy) is 1. The summed E-state index contributed by atoms with van der Waals surface area (Å²) in [7, 11) is -0.778. The summed E-state index contributed by atoms with van der Waals surface area (Å²) in [5.74, 6) is 0.361. The number of carbonyl (C=O) groups is 1. The molecular formula is C22H21ClN2O4S. The minimum atomic E-state index is -3.79. The van der Waals surface area contributed by atoms with E-state index in [1.54, 1.807) is 25.3 Å². The van der Waals surface area contributed by atoms with Gasteiger partial charge in [-0.1, -0.05) is 35.9 Å². The summed E-state index contributed by atoms with van der Waals surface area (Å²) in [6.07, 6.45) is 0. The first-order valence-corrected chi connectivity index (χ1v) is 10.9. The predicted octanol–water partition coefficient (Wildman–Crippen LogP) is 4.10. The molecule has 0 bridgehead atoms. The van der Waals surface area contributed by atoms with E-state index in [9.17, 15) is 13.2 Å². The van der Waals surface area contributed by atoms with E-state index in [4.69, 9.17) is 16.3 Å². The van der Waals surface area contributed by atoms with Gasteiger partial charge < -0.3 is 10.1 Å². The number of hydrogen-bond acceptors (Lipinski definition) is 4. The van der Waals surface area contributed by atoms with Gasteiger partial charge in [-0.05, 0) is 48.5 Å². The predicted molar refractivity (Wildman–Crippen MR) is 118 cm³/mol. The third kappa shape index (κ3) is 4.75. The number of amides is 1. The zero-order valence-corrected chi connectivity index (χ0v) is 18.1. The van der Waals surface area contributed by atoms with E-state index in [0.717, 1.165) is 9.87 Å². The van der Waals surface area contributed by atoms with Crippen LogP contribution in [0.5, 0.6) is 5.75 Å². The van der Waals surface area contributed by atoms with E-state index in [0.29, 0.717) is 22.0 Å². The second-order valence-corrected chi connectivity index (χ2v) is 8.88. The molecule has 0 atom stereocenters. The lowest BCUT2D eigenvalue weighted by molar-refractivity contribution is 0.0950. The van der Waals surface area contributed by atoms with Crippen LogP contribution in [-0.4, -0.2) is 28.5 Å². The highest BCUT2D eigenvalue weighted by molar-refractivity contribution is 7.92. The van der Waals surface area contributed by atoms with Crippen molar-refractivity contribution in [2.24, 2.45) is 0 Å². The van der Waals surface area contributed by atoms with Crippen molar-refractivity contribution in [3.05, 3.63) is 88.9 Å². The van der Waals surface area contributed by atoms with Crippen molar-refractivity contribution in [2.45, 2.75) is 11.4 Å². The van der Waals surface area contributed by atoms with Crippen LogP contribution in [0.4, 0.5) is 5.69 Å². The Morgan fingerprint density at radius 3 is 2.43 bits per heavy atom. The maximum absolute atomic E-state index is 12.9. The Bertz CT molecular complexity index is 1150. The van der Waals surface area contributed by atoms with Crippen molar-refractivity contribution in [1.82, 2.24) is 5.32 Å². The molecule has 3 aromatic rings. The smallest absolute Gasteiger partial charge is 0.264 e. The van der Waals surface area contributed by atoms with E-state index in [-0.39, 0.29) is 17.3 Å². The molecule has 8 heteroatoms. The van der Waals surface area contributed by atoms with Gasteiger partial charge in [0.1, 0.15) is 5.75 Å². The number of anilines is 1. The normalized spacial score (nSPS) is 11.0. The summed E-state index contributed by atoms with van der Waals surface area (Å²) in [4.78, 5) is 12.7. The number of halogens is 1. The second-order valence-electron chi connectivity index (χ2n) is 6.47. The number of hydrogen-bond donors (Lipinski definition) is 1. The molecule has 0 heterocycles. The van der Waals surface area contributed by atoms with Gasteiger partial charge in [-0.25, -0.2) is 8.42 Å². The van der Waals surface area contributed by atoms with Crippen LogP contribution in [0.2, 0.25) is 5.02 Å². The first kappa shape index (κ1) is 21.7. The van der Waals surface area contributed by atoms with Gasteiger partial charge in [0, 0.05) is 29.7 Å². The van der Waals surface area contributed by atoms with Crippen molar-refractivity contribution in [2.75, 3.05) is 18.5 Å². The lowest BCUT2D eigenvalue weighted by atomic mass is 10.1. The molecule has 1 amide bonds. The molecule has 6 nitrogen and oxygen atoms in total. The molecule has 0 aliphatic heterocycles. The molecule has 156 valence electrons. The number of nitrogens with zero attached hydrogens (tertiary/aromatic N) is 1. The summed E-state index contributed by atoms with van der Waals surface area (Å²) in [5.41, 5.74) is 1.56. The summed E-state index contributed by atoms with van der Waals surface area (Å²) in [6, 6.07) is 19.7. The summed E-state index contributed by atoms with van der Waals surface area (Å²) in [6.45, 7) is 0.284. The maximum atomic E-state index is 12.9. The SMILES string of the molecule is COc1ccccc1CNC(=O)c1cccc(N(C)S(=O)(=O)c2ccc(Cl)cc2)c1. The lowest BCUT2D eigenvalue weighted by Crippen LogP contribution is -2.27. The van der Waals surface area contributed by atoms with Gasteiger partial charge >= 0.3 is 0 Å². The highest BCUT2D eigenvalue weighted by atomic mass is 35.5. The Morgan fingerprint density at radius 2 is 1.73 bits per heavy atom. The number of benzene rings is 3. The molecule has 0 spiro atoms. The first-order chi connectivity index (χ1) is 14.3. The fraction of sp³-hybridized carbons (Fsp3) is 0.136. The van der Waals surface area contributed by atoms with Crippen LogP contribution in [0.1, 0.15) is 15.9 Å². The number of methoxy groups -OCH3 is 1. The third-order valence-electron chi connectivity index (χ3n) is 4.58. The van der Waals surface area contributed by atoms with Crippen LogP contribution in [-0.2, 0) is 16.6 Å². The number of sulfonamides is 1. The van der Waals surface area contributed by atoms with Gasteiger partial charge in [0.15, 0.2) is 0 Å². The largest absolute Gasteiger partial charge is 0.496 e. The van der Waals surface area contributed by atoms with Crippen LogP contribution in [0, 0.1) is 0 Å². The van der Waals surface area contributed by atoms with Gasteiger partial charge in [-0.2, -0.15) is 0 Å². The zero-order chi connectivity index (χ0) is 21.7. The molecule has 0 unspecified atom stereocenters. The zero-order valence-electron chi connectivity index (χ0n) is 16.5. The van der Waals surface area contributed by atoms with Crippen LogP contribution in [0.25, 0.3) is 0 Å². The van der Waals surface area contributed by atoms with Crippen molar-refractivity contribution >= 4 is 33.2 Å². The molecule has 30 heavy (non-hydrogen) atoms. The Hall–Kier alpha value is -3.03. The van der Waals surface area contributed by atoms with Gasteiger partial charge in [0.2, 0.25) is 0 Å². The van der Waals surface area contributed by atoms with Crippen LogP contribution in [0.15, 0.2) is 77.7 Å². The van der Waals surface area contributed by atoms with E-state index in [1.807, 2.05) is 24.3 Å². The van der Waals surface area contributed by atoms with E-state index in [2.05, 4.69) is 5.32 Å². The Labute approximate surface area is 181 Å². The maximum Gasteiger partial charge on any atom is 0.264 e. The van der Waals surface area contributed by atoms with E-state index < -0.39 is 10.0 Å². The van der Waals surface area contributed by atoms with Crippen molar-refractivity contribution < 1.29 is 17.9 Å². The summed E-state index contributed by atoms with van der Waals surface area (Å²) >= 11 is 5.85. The Balaban J connectivity index is 1.78. The Kier molecular flexibility index (Phi) is 6.64. The average molecular weight is 445 g/mol. The topological polar surface area (TPSA) is 75.7 Å².